The van der Waals surface area contributed by atoms with E-state index in [1.165, 1.54) is 0 Å². The largest absolute Gasteiger partial charge is 0.328 e. The normalized spacial score (nSPS) is 27.3. The van der Waals surface area contributed by atoms with Gasteiger partial charge in [-0.05, 0) is 43.2 Å². The number of benzene rings is 1. The Kier molecular flexibility index (Phi) is 3.37. The first-order valence-electron chi connectivity index (χ1n) is 5.77. The molecule has 2 N–H and O–H groups in total. The van der Waals surface area contributed by atoms with Crippen LogP contribution in [0.2, 0.25) is 0 Å². The topological polar surface area (TPSA) is 26.0 Å². The molecular weight excluding hydrogens is 189 g/mol. The zero-order chi connectivity index (χ0) is 10.7. The highest BCUT2D eigenvalue weighted by molar-refractivity contribution is 5.21. The molecule has 82 valence electrons. The number of nitrogens with two attached hydrogens (primary N) is 1. The van der Waals surface area contributed by atoms with E-state index in [2.05, 4.69) is 0 Å². The van der Waals surface area contributed by atoms with Crippen molar-refractivity contribution in [2.24, 2.45) is 5.73 Å². The Morgan fingerprint density at radius 2 is 1.87 bits per heavy atom. The van der Waals surface area contributed by atoms with Crippen molar-refractivity contribution < 1.29 is 4.39 Å². The van der Waals surface area contributed by atoms with Gasteiger partial charge >= 0.3 is 0 Å². The third-order valence-electron chi connectivity index (χ3n) is 3.36. The van der Waals surface area contributed by atoms with E-state index in [1.54, 1.807) is 12.1 Å². The van der Waals surface area contributed by atoms with Gasteiger partial charge in [0.25, 0.3) is 0 Å². The van der Waals surface area contributed by atoms with Gasteiger partial charge in [-0.15, -0.1) is 0 Å². The van der Waals surface area contributed by atoms with Crippen LogP contribution >= 0.6 is 0 Å². The zero-order valence-corrected chi connectivity index (χ0v) is 8.95. The number of hydrogen-bond acceptors (Lipinski definition) is 1. The monoisotopic (exact) mass is 207 g/mol. The molecule has 0 aliphatic heterocycles. The van der Waals surface area contributed by atoms with Crippen LogP contribution in [-0.4, -0.2) is 6.04 Å². The first-order chi connectivity index (χ1) is 7.27. The highest BCUT2D eigenvalue weighted by atomic mass is 19.1. The van der Waals surface area contributed by atoms with Crippen LogP contribution < -0.4 is 5.73 Å². The molecule has 0 radical (unpaired) electrons. The number of rotatable bonds is 1. The van der Waals surface area contributed by atoms with E-state index in [1.807, 2.05) is 12.1 Å². The second kappa shape index (κ2) is 4.75. The first-order valence-corrected chi connectivity index (χ1v) is 5.77. The minimum Gasteiger partial charge on any atom is -0.328 e. The van der Waals surface area contributed by atoms with Gasteiger partial charge in [-0.2, -0.15) is 0 Å². The van der Waals surface area contributed by atoms with Gasteiger partial charge in [0.1, 0.15) is 5.82 Å². The van der Waals surface area contributed by atoms with Gasteiger partial charge in [-0.3, -0.25) is 0 Å². The van der Waals surface area contributed by atoms with Gasteiger partial charge in [0.05, 0.1) is 0 Å². The van der Waals surface area contributed by atoms with Crippen LogP contribution in [0.15, 0.2) is 24.3 Å². The fourth-order valence-corrected chi connectivity index (χ4v) is 2.45. The maximum absolute atomic E-state index is 13.6. The predicted octanol–water partition coefficient (Wildman–Crippen LogP) is 3.20. The van der Waals surface area contributed by atoms with E-state index in [4.69, 9.17) is 5.73 Å². The molecule has 0 bridgehead atoms. The summed E-state index contributed by atoms with van der Waals surface area (Å²) in [6.07, 6.45) is 5.35. The zero-order valence-electron chi connectivity index (χ0n) is 8.95. The lowest BCUT2D eigenvalue weighted by Crippen LogP contribution is -2.18. The molecule has 2 unspecified atom stereocenters. The third-order valence-corrected chi connectivity index (χ3v) is 3.36. The van der Waals surface area contributed by atoms with Crippen molar-refractivity contribution >= 4 is 0 Å². The van der Waals surface area contributed by atoms with Crippen LogP contribution in [0.4, 0.5) is 4.39 Å². The van der Waals surface area contributed by atoms with Crippen molar-refractivity contribution in [3.05, 3.63) is 35.6 Å². The molecule has 2 atom stereocenters. The molecule has 1 aliphatic carbocycles. The summed E-state index contributed by atoms with van der Waals surface area (Å²) in [5.74, 6) is 0.317. The van der Waals surface area contributed by atoms with Gasteiger partial charge in [0.2, 0.25) is 0 Å². The van der Waals surface area contributed by atoms with Crippen molar-refractivity contribution in [2.45, 2.75) is 44.1 Å². The van der Waals surface area contributed by atoms with E-state index in [0.717, 1.165) is 37.7 Å². The van der Waals surface area contributed by atoms with Crippen LogP contribution in [-0.2, 0) is 0 Å². The third kappa shape index (κ3) is 2.57. The summed E-state index contributed by atoms with van der Waals surface area (Å²) in [5, 5.41) is 0. The molecule has 1 aromatic rings. The SMILES string of the molecule is NC1CCCC(c2ccccc2F)CC1. The molecule has 2 rings (SSSR count). The van der Waals surface area contributed by atoms with Crippen molar-refractivity contribution in [1.29, 1.82) is 0 Å². The smallest absolute Gasteiger partial charge is 0.126 e. The van der Waals surface area contributed by atoms with Crippen molar-refractivity contribution in [3.8, 4) is 0 Å². The summed E-state index contributed by atoms with van der Waals surface area (Å²) < 4.78 is 13.6. The number of halogens is 1. The van der Waals surface area contributed by atoms with Gasteiger partial charge in [-0.25, -0.2) is 4.39 Å². The first kappa shape index (κ1) is 10.6. The Morgan fingerprint density at radius 3 is 2.67 bits per heavy atom. The van der Waals surface area contributed by atoms with Gasteiger partial charge in [0.15, 0.2) is 0 Å². The standard InChI is InChI=1S/C13H18FN/c14-13-7-2-1-6-12(13)10-4-3-5-11(15)9-8-10/h1-2,6-7,10-11H,3-5,8-9,15H2. The molecule has 0 aromatic heterocycles. The quantitative estimate of drug-likeness (QED) is 0.703. The van der Waals surface area contributed by atoms with Crippen LogP contribution in [0.3, 0.4) is 0 Å². The molecule has 1 nitrogen and oxygen atoms in total. The minimum atomic E-state index is -0.0574. The molecule has 0 amide bonds. The number of hydrogen-bond donors (Lipinski definition) is 1. The highest BCUT2D eigenvalue weighted by Gasteiger charge is 2.19. The van der Waals surface area contributed by atoms with Crippen LogP contribution in [0, 0.1) is 5.82 Å². The Bertz CT molecular complexity index is 324. The Labute approximate surface area is 90.5 Å². The van der Waals surface area contributed by atoms with E-state index in [0.29, 0.717) is 12.0 Å². The molecule has 1 aromatic carbocycles. The lowest BCUT2D eigenvalue weighted by molar-refractivity contribution is 0.531. The van der Waals surface area contributed by atoms with Gasteiger partial charge in [0, 0.05) is 6.04 Å². The highest BCUT2D eigenvalue weighted by Crippen LogP contribution is 2.32. The average Bonchev–Trinajstić information content (AvgIpc) is 2.44. The second-order valence-electron chi connectivity index (χ2n) is 4.49. The van der Waals surface area contributed by atoms with E-state index in [9.17, 15) is 4.39 Å². The summed E-state index contributed by atoms with van der Waals surface area (Å²) in [6, 6.07) is 7.46. The average molecular weight is 207 g/mol. The van der Waals surface area contributed by atoms with Crippen LogP contribution in [0.5, 0.6) is 0 Å². The molecule has 15 heavy (non-hydrogen) atoms. The minimum absolute atomic E-state index is 0.0574. The summed E-state index contributed by atoms with van der Waals surface area (Å²) >= 11 is 0. The molecule has 2 heteroatoms. The fraction of sp³-hybridized carbons (Fsp3) is 0.538. The predicted molar refractivity (Wildman–Crippen MR) is 60.2 cm³/mol. The second-order valence-corrected chi connectivity index (χ2v) is 4.49. The van der Waals surface area contributed by atoms with Crippen LogP contribution in [0.1, 0.15) is 43.6 Å². The van der Waals surface area contributed by atoms with Crippen molar-refractivity contribution in [3.63, 3.8) is 0 Å². The molecular formula is C13H18FN. The van der Waals surface area contributed by atoms with E-state index < -0.39 is 0 Å². The molecule has 0 heterocycles. The van der Waals surface area contributed by atoms with Gasteiger partial charge < -0.3 is 5.73 Å². The molecule has 1 saturated carbocycles. The van der Waals surface area contributed by atoms with Crippen molar-refractivity contribution in [1.82, 2.24) is 0 Å². The fourth-order valence-electron chi connectivity index (χ4n) is 2.45. The summed E-state index contributed by atoms with van der Waals surface area (Å²) in [7, 11) is 0. The summed E-state index contributed by atoms with van der Waals surface area (Å²) in [4.78, 5) is 0. The Morgan fingerprint density at radius 1 is 1.07 bits per heavy atom. The van der Waals surface area contributed by atoms with Crippen LogP contribution in [0.25, 0.3) is 0 Å². The summed E-state index contributed by atoms with van der Waals surface area (Å²) in [5.41, 5.74) is 6.80. The molecule has 1 fully saturated rings. The maximum atomic E-state index is 13.6. The lowest BCUT2D eigenvalue weighted by Gasteiger charge is -2.15. The Hall–Kier alpha value is -0.890. The lowest BCUT2D eigenvalue weighted by atomic mass is 9.91. The molecule has 0 saturated heterocycles. The summed E-state index contributed by atoms with van der Waals surface area (Å²) in [6.45, 7) is 0. The van der Waals surface area contributed by atoms with Crippen molar-refractivity contribution in [2.75, 3.05) is 0 Å². The van der Waals surface area contributed by atoms with Gasteiger partial charge in [-0.1, -0.05) is 24.6 Å². The van der Waals surface area contributed by atoms with E-state index in [-0.39, 0.29) is 5.82 Å². The van der Waals surface area contributed by atoms with E-state index >= 15 is 0 Å². The molecule has 0 spiro atoms. The maximum Gasteiger partial charge on any atom is 0.126 e. The molecule has 1 aliphatic rings. The Balaban J connectivity index is 2.13.